The van der Waals surface area contributed by atoms with Crippen molar-refractivity contribution in [1.82, 2.24) is 15.5 Å². The number of nitrogens with one attached hydrogen (secondary N) is 2. The summed E-state index contributed by atoms with van der Waals surface area (Å²) in [6.07, 6.45) is 1.15. The normalized spacial score (nSPS) is 18.7. The first-order valence-corrected chi connectivity index (χ1v) is 10.7. The Morgan fingerprint density at radius 2 is 1.81 bits per heavy atom. The molecular formula is C22H32N4O6. The van der Waals surface area contributed by atoms with Crippen molar-refractivity contribution >= 4 is 23.7 Å². The molecule has 0 aliphatic carbocycles. The third kappa shape index (κ3) is 6.51. The largest absolute Gasteiger partial charge is 0.480 e. The van der Waals surface area contributed by atoms with Crippen molar-refractivity contribution in [2.45, 2.75) is 57.3 Å². The zero-order valence-electron chi connectivity index (χ0n) is 18.4. The Morgan fingerprint density at radius 1 is 1.16 bits per heavy atom. The Kier molecular flexibility index (Phi) is 9.15. The Bertz CT molecular complexity index is 816. The van der Waals surface area contributed by atoms with Gasteiger partial charge in [-0.15, -0.1) is 0 Å². The number of aliphatic hydroxyl groups excluding tert-OH is 1. The molecule has 3 amide bonds. The van der Waals surface area contributed by atoms with Crippen LogP contribution in [0, 0.1) is 5.92 Å². The van der Waals surface area contributed by atoms with E-state index in [0.29, 0.717) is 19.4 Å². The van der Waals surface area contributed by atoms with E-state index in [1.165, 1.54) is 4.90 Å². The molecule has 0 aromatic heterocycles. The Morgan fingerprint density at radius 3 is 2.38 bits per heavy atom. The van der Waals surface area contributed by atoms with Gasteiger partial charge in [0.25, 0.3) is 0 Å². The third-order valence-corrected chi connectivity index (χ3v) is 5.50. The number of carboxylic acid groups (broad SMARTS) is 1. The molecule has 0 saturated carbocycles. The summed E-state index contributed by atoms with van der Waals surface area (Å²) in [7, 11) is 0. The van der Waals surface area contributed by atoms with Gasteiger partial charge in [0, 0.05) is 13.0 Å². The number of hydrogen-bond acceptors (Lipinski definition) is 6. The molecule has 1 aromatic carbocycles. The van der Waals surface area contributed by atoms with E-state index in [4.69, 9.17) is 10.8 Å². The fourth-order valence-electron chi connectivity index (χ4n) is 3.68. The van der Waals surface area contributed by atoms with E-state index in [1.807, 2.05) is 30.3 Å². The second kappa shape index (κ2) is 11.6. The molecule has 176 valence electrons. The molecule has 6 N–H and O–H groups in total. The van der Waals surface area contributed by atoms with E-state index in [2.05, 4.69) is 10.6 Å². The lowest BCUT2D eigenvalue weighted by Gasteiger charge is -2.30. The van der Waals surface area contributed by atoms with Crippen molar-refractivity contribution in [2.24, 2.45) is 11.7 Å². The van der Waals surface area contributed by atoms with E-state index in [0.717, 1.165) is 5.56 Å². The van der Waals surface area contributed by atoms with Gasteiger partial charge in [-0.25, -0.2) is 4.79 Å². The van der Waals surface area contributed by atoms with Crippen molar-refractivity contribution in [3.8, 4) is 0 Å². The van der Waals surface area contributed by atoms with Crippen LogP contribution in [0.25, 0.3) is 0 Å². The van der Waals surface area contributed by atoms with Gasteiger partial charge < -0.3 is 31.5 Å². The fraction of sp³-hybridized carbons (Fsp3) is 0.545. The van der Waals surface area contributed by atoms with Gasteiger partial charge in [0.2, 0.25) is 17.7 Å². The molecule has 32 heavy (non-hydrogen) atoms. The second-order valence-electron chi connectivity index (χ2n) is 8.30. The molecule has 2 rings (SSSR count). The Hall–Kier alpha value is -2.98. The highest BCUT2D eigenvalue weighted by molar-refractivity contribution is 5.94. The van der Waals surface area contributed by atoms with Gasteiger partial charge in [-0.2, -0.15) is 0 Å². The Labute approximate surface area is 187 Å². The molecular weight excluding hydrogens is 416 g/mol. The predicted octanol–water partition coefficient (Wildman–Crippen LogP) is -0.750. The second-order valence-corrected chi connectivity index (χ2v) is 8.30. The summed E-state index contributed by atoms with van der Waals surface area (Å²) < 4.78 is 0. The topological polar surface area (TPSA) is 162 Å². The number of carboxylic acids is 1. The zero-order valence-corrected chi connectivity index (χ0v) is 18.4. The zero-order chi connectivity index (χ0) is 23.8. The van der Waals surface area contributed by atoms with E-state index >= 15 is 0 Å². The molecule has 4 atom stereocenters. The third-order valence-electron chi connectivity index (χ3n) is 5.50. The first-order chi connectivity index (χ1) is 15.1. The monoisotopic (exact) mass is 448 g/mol. The minimum atomic E-state index is -1.18. The lowest BCUT2D eigenvalue weighted by molar-refractivity contribution is -0.145. The van der Waals surface area contributed by atoms with E-state index in [-0.39, 0.29) is 12.3 Å². The van der Waals surface area contributed by atoms with Gasteiger partial charge in [0.15, 0.2) is 0 Å². The maximum Gasteiger partial charge on any atom is 0.326 e. The minimum absolute atomic E-state index is 0.179. The van der Waals surface area contributed by atoms with E-state index in [9.17, 15) is 24.3 Å². The summed E-state index contributed by atoms with van der Waals surface area (Å²) in [6, 6.07) is 5.00. The lowest BCUT2D eigenvalue weighted by atomic mass is 10.0. The summed E-state index contributed by atoms with van der Waals surface area (Å²) in [4.78, 5) is 51.3. The number of amides is 3. The number of rotatable bonds is 10. The van der Waals surface area contributed by atoms with Crippen molar-refractivity contribution in [3.63, 3.8) is 0 Å². The standard InChI is InChI=1S/C22H32N4O6/c1-13(2)18(22(31)32)25-20(29)17-9-6-10-26(17)21(30)16(24-19(28)15(23)12-27)11-14-7-4-3-5-8-14/h3-5,7-8,13,15-18,27H,6,9-12,23H2,1-2H3,(H,24,28)(H,25,29)(H,31,32). The fourth-order valence-corrected chi connectivity index (χ4v) is 3.68. The summed E-state index contributed by atoms with van der Waals surface area (Å²) in [5, 5.41) is 23.6. The van der Waals surface area contributed by atoms with Gasteiger partial charge in [0.1, 0.15) is 24.2 Å². The predicted molar refractivity (Wildman–Crippen MR) is 116 cm³/mol. The van der Waals surface area contributed by atoms with Gasteiger partial charge in [-0.05, 0) is 24.3 Å². The quantitative estimate of drug-likeness (QED) is 0.314. The average molecular weight is 449 g/mol. The van der Waals surface area contributed by atoms with Crippen LogP contribution in [-0.2, 0) is 25.6 Å². The summed E-state index contributed by atoms with van der Waals surface area (Å²) in [6.45, 7) is 3.11. The molecule has 0 spiro atoms. The Balaban J connectivity index is 2.21. The molecule has 1 saturated heterocycles. The van der Waals surface area contributed by atoms with Crippen LogP contribution < -0.4 is 16.4 Å². The molecule has 4 unspecified atom stereocenters. The van der Waals surface area contributed by atoms with Crippen LogP contribution in [0.2, 0.25) is 0 Å². The van der Waals surface area contributed by atoms with Crippen molar-refractivity contribution < 1.29 is 29.4 Å². The van der Waals surface area contributed by atoms with Crippen LogP contribution in [0.4, 0.5) is 0 Å². The summed E-state index contributed by atoms with van der Waals surface area (Å²) >= 11 is 0. The number of hydrogen-bond donors (Lipinski definition) is 5. The number of nitrogens with zero attached hydrogens (tertiary/aromatic N) is 1. The molecule has 10 nitrogen and oxygen atoms in total. The number of carbonyl (C=O) groups is 4. The summed E-state index contributed by atoms with van der Waals surface area (Å²) in [5.41, 5.74) is 6.39. The van der Waals surface area contributed by atoms with Crippen LogP contribution >= 0.6 is 0 Å². The highest BCUT2D eigenvalue weighted by atomic mass is 16.4. The van der Waals surface area contributed by atoms with Crippen molar-refractivity contribution in [3.05, 3.63) is 35.9 Å². The highest BCUT2D eigenvalue weighted by Crippen LogP contribution is 2.20. The molecule has 1 aromatic rings. The molecule has 0 bridgehead atoms. The maximum atomic E-state index is 13.4. The van der Waals surface area contributed by atoms with Gasteiger partial charge in [-0.1, -0.05) is 44.2 Å². The van der Waals surface area contributed by atoms with Gasteiger partial charge in [0.05, 0.1) is 6.61 Å². The molecule has 1 heterocycles. The number of aliphatic carboxylic acids is 1. The number of likely N-dealkylation sites (tertiary alicyclic amines) is 1. The molecule has 1 aliphatic heterocycles. The average Bonchev–Trinajstić information content (AvgIpc) is 3.26. The van der Waals surface area contributed by atoms with E-state index < -0.39 is 54.5 Å². The minimum Gasteiger partial charge on any atom is -0.480 e. The first-order valence-electron chi connectivity index (χ1n) is 10.7. The first kappa shape index (κ1) is 25.3. The van der Waals surface area contributed by atoms with Crippen LogP contribution in [0.15, 0.2) is 30.3 Å². The van der Waals surface area contributed by atoms with Gasteiger partial charge in [-0.3, -0.25) is 14.4 Å². The number of aliphatic hydroxyl groups is 1. The smallest absolute Gasteiger partial charge is 0.326 e. The molecule has 10 heteroatoms. The number of benzene rings is 1. The van der Waals surface area contributed by atoms with Crippen LogP contribution in [0.5, 0.6) is 0 Å². The molecule has 1 aliphatic rings. The highest BCUT2D eigenvalue weighted by Gasteiger charge is 2.39. The lowest BCUT2D eigenvalue weighted by Crippen LogP contribution is -2.58. The van der Waals surface area contributed by atoms with Crippen LogP contribution in [0.1, 0.15) is 32.3 Å². The number of carbonyl (C=O) groups excluding carboxylic acids is 3. The van der Waals surface area contributed by atoms with Gasteiger partial charge >= 0.3 is 5.97 Å². The SMILES string of the molecule is CC(C)C(NC(=O)C1CCCN1C(=O)C(Cc1ccccc1)NC(=O)C(N)CO)C(=O)O. The van der Waals surface area contributed by atoms with Crippen molar-refractivity contribution in [2.75, 3.05) is 13.2 Å². The van der Waals surface area contributed by atoms with Crippen molar-refractivity contribution in [1.29, 1.82) is 0 Å². The number of nitrogens with two attached hydrogens (primary N) is 1. The molecule has 0 radical (unpaired) electrons. The van der Waals surface area contributed by atoms with Crippen LogP contribution in [-0.4, -0.2) is 76.1 Å². The summed E-state index contributed by atoms with van der Waals surface area (Å²) in [5.74, 6) is -3.13. The maximum absolute atomic E-state index is 13.4. The van der Waals surface area contributed by atoms with E-state index in [1.54, 1.807) is 13.8 Å². The molecule has 1 fully saturated rings. The van der Waals surface area contributed by atoms with Crippen LogP contribution in [0.3, 0.4) is 0 Å².